The number of amides is 1. The molecule has 1 atom stereocenters. The van der Waals surface area contributed by atoms with Crippen molar-refractivity contribution in [2.45, 2.75) is 37.5 Å². The highest BCUT2D eigenvalue weighted by Crippen LogP contribution is 2.26. The van der Waals surface area contributed by atoms with Gasteiger partial charge in [-0.3, -0.25) is 4.79 Å². The van der Waals surface area contributed by atoms with E-state index in [-0.39, 0.29) is 0 Å². The number of carbonyl (C=O) groups excluding carboxylic acids is 1. The van der Waals surface area contributed by atoms with Gasteiger partial charge < -0.3 is 4.90 Å². The van der Waals surface area contributed by atoms with Crippen molar-refractivity contribution in [1.29, 1.82) is 0 Å². The molecule has 3 heteroatoms. The highest BCUT2D eigenvalue weighted by atomic mass is 32.2. The largest absolute Gasteiger partial charge is 0.342 e. The van der Waals surface area contributed by atoms with E-state index in [0.29, 0.717) is 18.2 Å². The quantitative estimate of drug-likeness (QED) is 0.763. The molecule has 0 aliphatic carbocycles. The first-order valence-electron chi connectivity index (χ1n) is 7.25. The van der Waals surface area contributed by atoms with E-state index in [9.17, 15) is 4.79 Å². The SMILES string of the molecule is CCCC(=O)N1CCCC(CSc2ccccc2)C1. The second kappa shape index (κ2) is 7.59. The molecule has 2 nitrogen and oxygen atoms in total. The van der Waals surface area contributed by atoms with E-state index in [0.717, 1.165) is 31.7 Å². The molecule has 1 saturated heterocycles. The summed E-state index contributed by atoms with van der Waals surface area (Å²) in [5.74, 6) is 2.12. The second-order valence-electron chi connectivity index (χ2n) is 5.22. The summed E-state index contributed by atoms with van der Waals surface area (Å²) in [5.41, 5.74) is 0. The molecule has 1 aromatic carbocycles. The molecule has 104 valence electrons. The van der Waals surface area contributed by atoms with Crippen LogP contribution < -0.4 is 0 Å². The van der Waals surface area contributed by atoms with E-state index < -0.39 is 0 Å². The third-order valence-electron chi connectivity index (χ3n) is 3.56. The van der Waals surface area contributed by atoms with Crippen molar-refractivity contribution >= 4 is 17.7 Å². The molecule has 1 aromatic rings. The van der Waals surface area contributed by atoms with Crippen LogP contribution in [0.5, 0.6) is 0 Å². The number of piperidine rings is 1. The molecule has 1 fully saturated rings. The van der Waals surface area contributed by atoms with Gasteiger partial charge in [0.1, 0.15) is 0 Å². The summed E-state index contributed by atoms with van der Waals surface area (Å²) in [6, 6.07) is 10.5. The van der Waals surface area contributed by atoms with Gasteiger partial charge in [0.05, 0.1) is 0 Å². The maximum Gasteiger partial charge on any atom is 0.222 e. The fourth-order valence-electron chi connectivity index (χ4n) is 2.53. The Labute approximate surface area is 120 Å². The molecule has 0 aromatic heterocycles. The van der Waals surface area contributed by atoms with Crippen molar-refractivity contribution in [3.8, 4) is 0 Å². The standard InChI is InChI=1S/C16H23NOS/c1-2-7-16(18)17-11-6-8-14(12-17)13-19-15-9-4-3-5-10-15/h3-5,9-10,14H,2,6-8,11-13H2,1H3. The van der Waals surface area contributed by atoms with E-state index in [2.05, 4.69) is 42.2 Å². The number of carbonyl (C=O) groups is 1. The number of thioether (sulfide) groups is 1. The zero-order chi connectivity index (χ0) is 13.5. The number of nitrogens with zero attached hydrogens (tertiary/aromatic N) is 1. The normalized spacial score (nSPS) is 19.4. The number of rotatable bonds is 5. The third kappa shape index (κ3) is 4.57. The van der Waals surface area contributed by atoms with E-state index in [4.69, 9.17) is 0 Å². The Morgan fingerprint density at radius 2 is 2.16 bits per heavy atom. The lowest BCUT2D eigenvalue weighted by atomic mass is 10.00. The molecule has 1 aliphatic rings. The van der Waals surface area contributed by atoms with Crippen molar-refractivity contribution in [1.82, 2.24) is 4.90 Å². The van der Waals surface area contributed by atoms with E-state index in [1.807, 2.05) is 11.8 Å². The molecule has 0 bridgehead atoms. The Balaban J connectivity index is 1.79. The van der Waals surface area contributed by atoms with Crippen LogP contribution in [0, 0.1) is 5.92 Å². The molecule has 2 rings (SSSR count). The molecular weight excluding hydrogens is 254 g/mol. The maximum atomic E-state index is 11.9. The van der Waals surface area contributed by atoms with Gasteiger partial charge in [0.25, 0.3) is 0 Å². The smallest absolute Gasteiger partial charge is 0.222 e. The predicted octanol–water partition coefficient (Wildman–Crippen LogP) is 3.82. The Morgan fingerprint density at radius 1 is 1.37 bits per heavy atom. The number of hydrogen-bond acceptors (Lipinski definition) is 2. The molecule has 1 unspecified atom stereocenters. The van der Waals surface area contributed by atoms with Crippen molar-refractivity contribution in [2.24, 2.45) is 5.92 Å². The predicted molar refractivity (Wildman–Crippen MR) is 81.4 cm³/mol. The Kier molecular flexibility index (Phi) is 5.77. The lowest BCUT2D eigenvalue weighted by Crippen LogP contribution is -2.40. The molecule has 1 heterocycles. The average Bonchev–Trinajstić information content (AvgIpc) is 2.47. The third-order valence-corrected chi connectivity index (χ3v) is 4.81. The summed E-state index contributed by atoms with van der Waals surface area (Å²) in [4.78, 5) is 15.3. The van der Waals surface area contributed by atoms with Crippen LogP contribution in [0.4, 0.5) is 0 Å². The minimum Gasteiger partial charge on any atom is -0.342 e. The van der Waals surface area contributed by atoms with Crippen molar-refractivity contribution < 1.29 is 4.79 Å². The zero-order valence-electron chi connectivity index (χ0n) is 11.7. The van der Waals surface area contributed by atoms with Gasteiger partial charge in [-0.1, -0.05) is 25.1 Å². The van der Waals surface area contributed by atoms with Gasteiger partial charge in [-0.05, 0) is 37.3 Å². The Bertz CT molecular complexity index is 393. The van der Waals surface area contributed by atoms with Gasteiger partial charge in [-0.25, -0.2) is 0 Å². The first kappa shape index (κ1) is 14.4. The average molecular weight is 277 g/mol. The summed E-state index contributed by atoms with van der Waals surface area (Å²) in [6.45, 7) is 3.99. The summed E-state index contributed by atoms with van der Waals surface area (Å²) >= 11 is 1.92. The summed E-state index contributed by atoms with van der Waals surface area (Å²) in [7, 11) is 0. The highest BCUT2D eigenvalue weighted by molar-refractivity contribution is 7.99. The lowest BCUT2D eigenvalue weighted by Gasteiger charge is -2.32. The highest BCUT2D eigenvalue weighted by Gasteiger charge is 2.22. The topological polar surface area (TPSA) is 20.3 Å². The first-order chi connectivity index (χ1) is 9.29. The van der Waals surface area contributed by atoms with Gasteiger partial charge in [-0.15, -0.1) is 11.8 Å². The van der Waals surface area contributed by atoms with Crippen LogP contribution in [0.25, 0.3) is 0 Å². The molecule has 1 amide bonds. The number of likely N-dealkylation sites (tertiary alicyclic amines) is 1. The zero-order valence-corrected chi connectivity index (χ0v) is 12.5. The van der Waals surface area contributed by atoms with Crippen molar-refractivity contribution in [3.63, 3.8) is 0 Å². The van der Waals surface area contributed by atoms with Gasteiger partial charge in [-0.2, -0.15) is 0 Å². The van der Waals surface area contributed by atoms with Gasteiger partial charge in [0, 0.05) is 30.2 Å². The Hall–Kier alpha value is -0.960. The molecule has 0 N–H and O–H groups in total. The molecule has 0 radical (unpaired) electrons. The molecule has 0 spiro atoms. The molecule has 19 heavy (non-hydrogen) atoms. The van der Waals surface area contributed by atoms with Crippen LogP contribution in [0.2, 0.25) is 0 Å². The minimum absolute atomic E-state index is 0.344. The van der Waals surface area contributed by atoms with Crippen molar-refractivity contribution in [3.05, 3.63) is 30.3 Å². The second-order valence-corrected chi connectivity index (χ2v) is 6.32. The van der Waals surface area contributed by atoms with E-state index in [1.54, 1.807) is 0 Å². The fourth-order valence-corrected chi connectivity index (χ4v) is 3.58. The van der Waals surface area contributed by atoms with Crippen LogP contribution in [0.1, 0.15) is 32.6 Å². The van der Waals surface area contributed by atoms with Crippen LogP contribution in [-0.2, 0) is 4.79 Å². The van der Waals surface area contributed by atoms with Crippen LogP contribution >= 0.6 is 11.8 Å². The summed E-state index contributed by atoms with van der Waals surface area (Å²) < 4.78 is 0. The Morgan fingerprint density at radius 3 is 2.89 bits per heavy atom. The number of hydrogen-bond donors (Lipinski definition) is 0. The van der Waals surface area contributed by atoms with Crippen LogP contribution in [0.15, 0.2) is 35.2 Å². The molecular formula is C16H23NOS. The summed E-state index contributed by atoms with van der Waals surface area (Å²) in [5, 5.41) is 0. The van der Waals surface area contributed by atoms with Gasteiger partial charge in [0.15, 0.2) is 0 Å². The maximum absolute atomic E-state index is 11.9. The minimum atomic E-state index is 0.344. The first-order valence-corrected chi connectivity index (χ1v) is 8.23. The van der Waals surface area contributed by atoms with Crippen LogP contribution in [0.3, 0.4) is 0 Å². The van der Waals surface area contributed by atoms with Gasteiger partial charge in [0.2, 0.25) is 5.91 Å². The van der Waals surface area contributed by atoms with Gasteiger partial charge >= 0.3 is 0 Å². The lowest BCUT2D eigenvalue weighted by molar-refractivity contribution is -0.132. The fraction of sp³-hybridized carbons (Fsp3) is 0.562. The monoisotopic (exact) mass is 277 g/mol. The van der Waals surface area contributed by atoms with E-state index >= 15 is 0 Å². The summed E-state index contributed by atoms with van der Waals surface area (Å²) in [6.07, 6.45) is 4.09. The number of benzene rings is 1. The molecule has 1 aliphatic heterocycles. The van der Waals surface area contributed by atoms with E-state index in [1.165, 1.54) is 11.3 Å². The van der Waals surface area contributed by atoms with Crippen LogP contribution in [-0.4, -0.2) is 29.6 Å². The molecule has 0 saturated carbocycles. The van der Waals surface area contributed by atoms with Crippen molar-refractivity contribution in [2.75, 3.05) is 18.8 Å².